The highest BCUT2D eigenvalue weighted by molar-refractivity contribution is 6.42. The van der Waals surface area contributed by atoms with Gasteiger partial charge in [0.15, 0.2) is 11.5 Å². The van der Waals surface area contributed by atoms with Crippen molar-refractivity contribution in [3.63, 3.8) is 0 Å². The molecule has 33 heavy (non-hydrogen) atoms. The predicted octanol–water partition coefficient (Wildman–Crippen LogP) is 7.75. The Kier molecular flexibility index (Phi) is 7.51. The number of hydrogen-bond acceptors (Lipinski definition) is 4. The van der Waals surface area contributed by atoms with Crippen molar-refractivity contribution in [2.24, 2.45) is 5.10 Å². The SMILES string of the molecule is COc1cc(/C=N\N(c2ccccc2)c2ccccc2)ccc1OCc1ccc(Cl)c(Cl)c1. The first-order valence-electron chi connectivity index (χ1n) is 10.3. The third kappa shape index (κ3) is 5.86. The Morgan fingerprint density at radius 3 is 2.03 bits per heavy atom. The van der Waals surface area contributed by atoms with E-state index in [9.17, 15) is 0 Å². The van der Waals surface area contributed by atoms with E-state index in [2.05, 4.69) is 0 Å². The van der Waals surface area contributed by atoms with Crippen LogP contribution in [0, 0.1) is 0 Å². The highest BCUT2D eigenvalue weighted by atomic mass is 35.5. The van der Waals surface area contributed by atoms with Crippen LogP contribution in [-0.2, 0) is 6.61 Å². The van der Waals surface area contributed by atoms with Gasteiger partial charge in [0.25, 0.3) is 0 Å². The van der Waals surface area contributed by atoms with E-state index < -0.39 is 0 Å². The van der Waals surface area contributed by atoms with Gasteiger partial charge in [-0.3, -0.25) is 0 Å². The Morgan fingerprint density at radius 1 is 0.758 bits per heavy atom. The molecule has 0 atom stereocenters. The number of methoxy groups -OCH3 is 1. The normalized spacial score (nSPS) is 10.9. The van der Waals surface area contributed by atoms with Gasteiger partial charge in [0.1, 0.15) is 6.61 Å². The van der Waals surface area contributed by atoms with E-state index >= 15 is 0 Å². The molecular weight excluding hydrogens is 455 g/mol. The Bertz CT molecular complexity index is 1190. The summed E-state index contributed by atoms with van der Waals surface area (Å²) in [5, 5.41) is 7.64. The van der Waals surface area contributed by atoms with Crippen molar-refractivity contribution in [1.82, 2.24) is 0 Å². The Balaban J connectivity index is 1.54. The fourth-order valence-electron chi connectivity index (χ4n) is 3.22. The van der Waals surface area contributed by atoms with Gasteiger partial charge >= 0.3 is 0 Å². The van der Waals surface area contributed by atoms with Crippen molar-refractivity contribution in [2.45, 2.75) is 6.61 Å². The summed E-state index contributed by atoms with van der Waals surface area (Å²) in [6.45, 7) is 0.344. The minimum absolute atomic E-state index is 0.344. The van der Waals surface area contributed by atoms with Crippen molar-refractivity contribution in [3.8, 4) is 11.5 Å². The summed E-state index contributed by atoms with van der Waals surface area (Å²) in [7, 11) is 1.61. The fourth-order valence-corrected chi connectivity index (χ4v) is 3.54. The fraction of sp³-hybridized carbons (Fsp3) is 0.0741. The van der Waals surface area contributed by atoms with Crippen LogP contribution in [0.1, 0.15) is 11.1 Å². The minimum atomic E-state index is 0.344. The minimum Gasteiger partial charge on any atom is -0.493 e. The van der Waals surface area contributed by atoms with Crippen molar-refractivity contribution >= 4 is 40.8 Å². The molecule has 0 bridgehead atoms. The molecule has 0 saturated carbocycles. The maximum absolute atomic E-state index is 6.09. The summed E-state index contributed by atoms with van der Waals surface area (Å²) in [5.41, 5.74) is 3.73. The number of benzene rings is 4. The van der Waals surface area contributed by atoms with Crippen LogP contribution in [0.4, 0.5) is 11.4 Å². The lowest BCUT2D eigenvalue weighted by atomic mass is 10.2. The molecule has 0 saturated heterocycles. The van der Waals surface area contributed by atoms with Crippen molar-refractivity contribution < 1.29 is 9.47 Å². The molecule has 6 heteroatoms. The highest BCUT2D eigenvalue weighted by Gasteiger charge is 2.09. The van der Waals surface area contributed by atoms with E-state index in [4.69, 9.17) is 37.8 Å². The van der Waals surface area contributed by atoms with Crippen LogP contribution in [0.15, 0.2) is 102 Å². The monoisotopic (exact) mass is 476 g/mol. The second kappa shape index (κ2) is 10.9. The summed E-state index contributed by atoms with van der Waals surface area (Å²) in [5.74, 6) is 1.24. The summed E-state index contributed by atoms with van der Waals surface area (Å²) in [6.07, 6.45) is 1.80. The molecule has 0 unspecified atom stereocenters. The van der Waals surface area contributed by atoms with E-state index in [1.54, 1.807) is 25.5 Å². The van der Waals surface area contributed by atoms with Gasteiger partial charge in [-0.25, -0.2) is 5.01 Å². The van der Waals surface area contributed by atoms with Crippen LogP contribution in [0.3, 0.4) is 0 Å². The number of ether oxygens (including phenoxy) is 2. The molecule has 0 fully saturated rings. The molecule has 0 aliphatic heterocycles. The molecular formula is C27H22Cl2N2O2. The Hall–Kier alpha value is -3.47. The number of anilines is 2. The van der Waals surface area contributed by atoms with Crippen LogP contribution in [0.25, 0.3) is 0 Å². The largest absolute Gasteiger partial charge is 0.493 e. The van der Waals surface area contributed by atoms with E-state index in [1.807, 2.05) is 89.9 Å². The maximum atomic E-state index is 6.09. The van der Waals surface area contributed by atoms with Gasteiger partial charge in [-0.15, -0.1) is 0 Å². The summed E-state index contributed by atoms with van der Waals surface area (Å²) < 4.78 is 11.5. The van der Waals surface area contributed by atoms with E-state index in [-0.39, 0.29) is 0 Å². The molecule has 0 aliphatic carbocycles. The van der Waals surface area contributed by atoms with Crippen LogP contribution >= 0.6 is 23.2 Å². The van der Waals surface area contributed by atoms with Gasteiger partial charge in [-0.2, -0.15) is 5.10 Å². The van der Waals surface area contributed by atoms with E-state index in [0.29, 0.717) is 28.2 Å². The van der Waals surface area contributed by atoms with Crippen LogP contribution < -0.4 is 14.5 Å². The molecule has 4 rings (SSSR count). The number of halogens is 2. The standard InChI is InChI=1S/C27H22Cl2N2O2/c1-32-27-17-20(13-15-26(27)33-19-21-12-14-24(28)25(29)16-21)18-30-31(22-8-4-2-5-9-22)23-10-6-3-7-11-23/h2-18H,19H2,1H3/b30-18-. The molecule has 4 aromatic rings. The molecule has 4 nitrogen and oxygen atoms in total. The van der Waals surface area contributed by atoms with Crippen molar-refractivity contribution in [3.05, 3.63) is 118 Å². The maximum Gasteiger partial charge on any atom is 0.161 e. The topological polar surface area (TPSA) is 34.1 Å². The summed E-state index contributed by atoms with van der Waals surface area (Å²) in [4.78, 5) is 0. The quantitative estimate of drug-likeness (QED) is 0.192. The van der Waals surface area contributed by atoms with Gasteiger partial charge in [0, 0.05) is 0 Å². The third-order valence-corrected chi connectivity index (χ3v) is 5.63. The first-order valence-corrected chi connectivity index (χ1v) is 11.1. The molecule has 0 amide bonds. The summed E-state index contributed by atoms with van der Waals surface area (Å²) >= 11 is 12.1. The average Bonchev–Trinajstić information content (AvgIpc) is 2.86. The second-order valence-corrected chi connectivity index (χ2v) is 7.99. The van der Waals surface area contributed by atoms with Crippen LogP contribution in [0.2, 0.25) is 10.0 Å². The first-order chi connectivity index (χ1) is 16.1. The van der Waals surface area contributed by atoms with Crippen LogP contribution in [0.5, 0.6) is 11.5 Å². The predicted molar refractivity (Wildman–Crippen MR) is 136 cm³/mol. The van der Waals surface area contributed by atoms with Crippen molar-refractivity contribution in [1.29, 1.82) is 0 Å². The number of nitrogens with zero attached hydrogens (tertiary/aromatic N) is 2. The molecule has 4 aromatic carbocycles. The molecule has 0 spiro atoms. The smallest absolute Gasteiger partial charge is 0.161 e. The van der Waals surface area contributed by atoms with Crippen LogP contribution in [-0.4, -0.2) is 13.3 Å². The van der Waals surface area contributed by atoms with Gasteiger partial charge in [0.05, 0.1) is 34.7 Å². The summed E-state index contributed by atoms with van der Waals surface area (Å²) in [6, 6.07) is 31.1. The van der Waals surface area contributed by atoms with Gasteiger partial charge in [-0.05, 0) is 65.7 Å². The molecule has 166 valence electrons. The number of hydrogen-bond donors (Lipinski definition) is 0. The van der Waals surface area contributed by atoms with Gasteiger partial charge in [0.2, 0.25) is 0 Å². The number of rotatable bonds is 8. The van der Waals surface area contributed by atoms with Gasteiger partial charge in [-0.1, -0.05) is 65.7 Å². The third-order valence-electron chi connectivity index (χ3n) is 4.89. The van der Waals surface area contributed by atoms with Gasteiger partial charge < -0.3 is 9.47 Å². The Morgan fingerprint density at radius 2 is 1.42 bits per heavy atom. The lowest BCUT2D eigenvalue weighted by Crippen LogP contribution is -2.09. The second-order valence-electron chi connectivity index (χ2n) is 7.17. The average molecular weight is 477 g/mol. The Labute approximate surface area is 203 Å². The number of para-hydroxylation sites is 2. The molecule has 0 aliphatic rings. The lowest BCUT2D eigenvalue weighted by molar-refractivity contribution is 0.284. The highest BCUT2D eigenvalue weighted by Crippen LogP contribution is 2.30. The molecule has 0 aromatic heterocycles. The van der Waals surface area contributed by atoms with E-state index in [0.717, 1.165) is 22.5 Å². The number of hydrazone groups is 1. The zero-order valence-electron chi connectivity index (χ0n) is 18.0. The molecule has 0 radical (unpaired) electrons. The van der Waals surface area contributed by atoms with Crippen molar-refractivity contribution in [2.75, 3.05) is 12.1 Å². The van der Waals surface area contributed by atoms with E-state index in [1.165, 1.54) is 0 Å². The first kappa shape index (κ1) is 22.7. The molecule has 0 N–H and O–H groups in total. The lowest BCUT2D eigenvalue weighted by Gasteiger charge is -2.19. The molecule has 0 heterocycles. The zero-order valence-corrected chi connectivity index (χ0v) is 19.5. The zero-order chi connectivity index (χ0) is 23.0.